The lowest BCUT2D eigenvalue weighted by molar-refractivity contribution is -0.138. The molecule has 3 rings (SSSR count). The molecule has 184 valence electrons. The number of rotatable bonds is 7. The van der Waals surface area contributed by atoms with E-state index >= 15 is 0 Å². The van der Waals surface area contributed by atoms with Crippen LogP contribution in [0.1, 0.15) is 42.3 Å². The highest BCUT2D eigenvalue weighted by molar-refractivity contribution is 9.10. The molecule has 7 heteroatoms. The van der Waals surface area contributed by atoms with Gasteiger partial charge in [-0.3, -0.25) is 4.79 Å². The molecule has 0 aliphatic heterocycles. The van der Waals surface area contributed by atoms with Gasteiger partial charge in [0.05, 0.1) is 5.56 Å². The first kappa shape index (κ1) is 26.6. The summed E-state index contributed by atoms with van der Waals surface area (Å²) in [6, 6.07) is 24.3. The first-order valence-electron chi connectivity index (χ1n) is 11.2. The number of amides is 1. The van der Waals surface area contributed by atoms with Crippen molar-refractivity contribution in [2.45, 2.75) is 26.3 Å². The third kappa shape index (κ3) is 8.06. The number of ether oxygens (including phenoxy) is 2. The van der Waals surface area contributed by atoms with Crippen LogP contribution in [0.4, 0.5) is 0 Å². The summed E-state index contributed by atoms with van der Waals surface area (Å²) in [5.41, 5.74) is 0.783. The van der Waals surface area contributed by atoms with Crippen LogP contribution in [-0.2, 0) is 19.1 Å². The highest BCUT2D eigenvalue weighted by Gasteiger charge is 2.28. The summed E-state index contributed by atoms with van der Waals surface area (Å²) in [5, 5.41) is 2.77. The van der Waals surface area contributed by atoms with Crippen molar-refractivity contribution in [3.05, 3.63) is 118 Å². The normalized spacial score (nSPS) is 12.0. The molecule has 0 aromatic heterocycles. The van der Waals surface area contributed by atoms with Crippen LogP contribution in [0, 0.1) is 0 Å². The number of hydrogen-bond donors (Lipinski definition) is 1. The second-order valence-electron chi connectivity index (χ2n) is 8.79. The first-order valence-corrected chi connectivity index (χ1v) is 12.0. The summed E-state index contributed by atoms with van der Waals surface area (Å²) in [5.74, 6) is -2.82. The molecule has 6 nitrogen and oxygen atoms in total. The van der Waals surface area contributed by atoms with Crippen molar-refractivity contribution in [3.8, 4) is 0 Å². The molecule has 1 N–H and O–H groups in total. The van der Waals surface area contributed by atoms with Gasteiger partial charge in [0, 0.05) is 21.7 Å². The van der Waals surface area contributed by atoms with Gasteiger partial charge < -0.3 is 14.8 Å². The van der Waals surface area contributed by atoms with Crippen LogP contribution in [0.15, 0.2) is 101 Å². The maximum atomic E-state index is 13.3. The number of carbonyl (C=O) groups excluding carboxylic acids is 3. The Morgan fingerprint density at radius 2 is 1.36 bits per heavy atom. The molecule has 0 spiro atoms. The average Bonchev–Trinajstić information content (AvgIpc) is 2.85. The molecule has 0 atom stereocenters. The average molecular weight is 548 g/mol. The molecule has 0 heterocycles. The molecule has 0 aliphatic carbocycles. The monoisotopic (exact) mass is 547 g/mol. The minimum Gasteiger partial charge on any atom is -0.418 e. The minimum atomic E-state index is -0.803. The van der Waals surface area contributed by atoms with Gasteiger partial charge >= 0.3 is 11.9 Å². The van der Waals surface area contributed by atoms with Crippen LogP contribution in [-0.4, -0.2) is 23.4 Å². The Labute approximate surface area is 218 Å². The van der Waals surface area contributed by atoms with Gasteiger partial charge in [0.15, 0.2) is 5.76 Å². The molecule has 0 unspecified atom stereocenters. The number of carbonyl (C=O) groups is 3. The van der Waals surface area contributed by atoms with Crippen molar-refractivity contribution >= 4 is 45.6 Å². The Hall–Kier alpha value is -3.97. The number of nitrogens with one attached hydrogen (secondary N) is 1. The molecule has 0 radical (unpaired) electrons. The summed E-state index contributed by atoms with van der Waals surface area (Å²) in [6.45, 7) is 5.36. The van der Waals surface area contributed by atoms with E-state index < -0.39 is 29.1 Å². The predicted octanol–water partition coefficient (Wildman–Crippen LogP) is 6.15. The van der Waals surface area contributed by atoms with E-state index in [-0.39, 0.29) is 11.3 Å². The fraction of sp³-hybridized carbons (Fsp3) is 0.138. The largest absolute Gasteiger partial charge is 0.418 e. The van der Waals surface area contributed by atoms with E-state index in [0.717, 1.165) is 10.0 Å². The molecule has 1 amide bonds. The molecule has 36 heavy (non-hydrogen) atoms. The lowest BCUT2D eigenvalue weighted by Crippen LogP contribution is -2.42. The summed E-state index contributed by atoms with van der Waals surface area (Å²) < 4.78 is 12.0. The Morgan fingerprint density at radius 3 is 1.94 bits per heavy atom. The second kappa shape index (κ2) is 12.1. The van der Waals surface area contributed by atoms with Crippen LogP contribution < -0.4 is 5.32 Å². The van der Waals surface area contributed by atoms with Gasteiger partial charge in [-0.05, 0) is 68.8 Å². The number of halogens is 1. The van der Waals surface area contributed by atoms with Gasteiger partial charge in [-0.25, -0.2) is 9.59 Å². The van der Waals surface area contributed by atoms with Crippen molar-refractivity contribution in [1.29, 1.82) is 0 Å². The summed E-state index contributed by atoms with van der Waals surface area (Å²) >= 11 is 3.37. The number of benzene rings is 3. The molecule has 0 bridgehead atoms. The van der Waals surface area contributed by atoms with E-state index in [1.807, 2.05) is 30.3 Å². The van der Waals surface area contributed by atoms with Gasteiger partial charge in [-0.2, -0.15) is 0 Å². The highest BCUT2D eigenvalue weighted by atomic mass is 79.9. The molecule has 0 saturated heterocycles. The van der Waals surface area contributed by atoms with Crippen molar-refractivity contribution < 1.29 is 23.9 Å². The Bertz CT molecular complexity index is 1270. The maximum Gasteiger partial charge on any atom is 0.343 e. The zero-order valence-electron chi connectivity index (χ0n) is 20.2. The molecule has 0 aliphatic rings. The van der Waals surface area contributed by atoms with Crippen LogP contribution >= 0.6 is 15.9 Å². The zero-order chi connectivity index (χ0) is 26.1. The third-order valence-electron chi connectivity index (χ3n) is 4.63. The van der Waals surface area contributed by atoms with Gasteiger partial charge in [-0.15, -0.1) is 0 Å². The summed E-state index contributed by atoms with van der Waals surface area (Å²) in [6.07, 6.45) is 2.77. The SMILES string of the molecule is CC(C)(C)NC(=O)C(OC(=O)C=Cc1ccccc1)=C(OC(=O)c1ccccc1)c1ccc(Br)cc1. The van der Waals surface area contributed by atoms with Crippen molar-refractivity contribution in [2.24, 2.45) is 0 Å². The van der Waals surface area contributed by atoms with Crippen molar-refractivity contribution in [1.82, 2.24) is 5.32 Å². The van der Waals surface area contributed by atoms with Gasteiger partial charge in [0.25, 0.3) is 5.91 Å². The van der Waals surface area contributed by atoms with Crippen molar-refractivity contribution in [3.63, 3.8) is 0 Å². The van der Waals surface area contributed by atoms with E-state index in [9.17, 15) is 14.4 Å². The van der Waals surface area contributed by atoms with Crippen LogP contribution in [0.2, 0.25) is 0 Å². The molecule has 3 aromatic carbocycles. The smallest absolute Gasteiger partial charge is 0.343 e. The van der Waals surface area contributed by atoms with E-state index in [4.69, 9.17) is 9.47 Å². The standard InChI is InChI=1S/C29H26BrNO5/c1-29(2,3)31-27(33)26(35-24(32)19-14-20-10-6-4-7-11-20)25(21-15-17-23(30)18-16-21)36-28(34)22-12-8-5-9-13-22/h4-19H,1-3H3,(H,31,33). The molecular weight excluding hydrogens is 522 g/mol. The Kier molecular flexibility index (Phi) is 8.97. The molecular formula is C29H26BrNO5. The summed E-state index contributed by atoms with van der Waals surface area (Å²) in [4.78, 5) is 39.0. The van der Waals surface area contributed by atoms with Crippen LogP contribution in [0.25, 0.3) is 11.8 Å². The molecule has 3 aromatic rings. The van der Waals surface area contributed by atoms with Crippen LogP contribution in [0.5, 0.6) is 0 Å². The number of esters is 2. The van der Waals surface area contributed by atoms with Gasteiger partial charge in [0.1, 0.15) is 0 Å². The number of hydrogen-bond acceptors (Lipinski definition) is 5. The second-order valence-corrected chi connectivity index (χ2v) is 9.71. The van der Waals surface area contributed by atoms with Gasteiger partial charge in [-0.1, -0.05) is 64.5 Å². The maximum absolute atomic E-state index is 13.3. The predicted molar refractivity (Wildman–Crippen MR) is 142 cm³/mol. The lowest BCUT2D eigenvalue weighted by atomic mass is 10.1. The quantitative estimate of drug-likeness (QED) is 0.218. The Morgan fingerprint density at radius 1 is 0.778 bits per heavy atom. The first-order chi connectivity index (χ1) is 17.1. The Balaban J connectivity index is 2.06. The fourth-order valence-electron chi connectivity index (χ4n) is 3.02. The topological polar surface area (TPSA) is 81.7 Å². The van der Waals surface area contributed by atoms with Crippen LogP contribution in [0.3, 0.4) is 0 Å². The van der Waals surface area contributed by atoms with Crippen molar-refractivity contribution in [2.75, 3.05) is 0 Å². The molecule has 0 saturated carbocycles. The fourth-order valence-corrected chi connectivity index (χ4v) is 3.28. The summed E-state index contributed by atoms with van der Waals surface area (Å²) in [7, 11) is 0. The lowest BCUT2D eigenvalue weighted by Gasteiger charge is -2.22. The van der Waals surface area contributed by atoms with Gasteiger partial charge in [0.2, 0.25) is 5.76 Å². The minimum absolute atomic E-state index is 0.181. The zero-order valence-corrected chi connectivity index (χ0v) is 21.7. The third-order valence-corrected chi connectivity index (χ3v) is 5.15. The molecule has 0 fully saturated rings. The highest BCUT2D eigenvalue weighted by Crippen LogP contribution is 2.26. The van der Waals surface area contributed by atoms with E-state index in [0.29, 0.717) is 5.56 Å². The van der Waals surface area contributed by atoms with E-state index in [1.54, 1.807) is 81.4 Å². The van der Waals surface area contributed by atoms with E-state index in [1.165, 1.54) is 6.08 Å². The van der Waals surface area contributed by atoms with E-state index in [2.05, 4.69) is 21.2 Å².